The lowest BCUT2D eigenvalue weighted by atomic mass is 9.89. The lowest BCUT2D eigenvalue weighted by molar-refractivity contribution is 0.0497. The van der Waals surface area contributed by atoms with E-state index in [-0.39, 0.29) is 11.9 Å². The Bertz CT molecular complexity index is 792. The third kappa shape index (κ3) is 2.27. The highest BCUT2D eigenvalue weighted by Gasteiger charge is 2.48. The summed E-state index contributed by atoms with van der Waals surface area (Å²) in [5.74, 6) is 0.606. The SMILES string of the molecule is Cc1ccc2c(c1)C1CC(C)(O2)N(c2ccc(F)cc2)C(=S)N1. The highest BCUT2D eigenvalue weighted by molar-refractivity contribution is 7.80. The van der Waals surface area contributed by atoms with E-state index in [0.29, 0.717) is 5.11 Å². The average molecular weight is 328 g/mol. The summed E-state index contributed by atoms with van der Waals surface area (Å²) in [5.41, 5.74) is 2.57. The van der Waals surface area contributed by atoms with Crippen LogP contribution in [0.3, 0.4) is 0 Å². The van der Waals surface area contributed by atoms with Crippen molar-refractivity contribution in [3.63, 3.8) is 0 Å². The van der Waals surface area contributed by atoms with Crippen molar-refractivity contribution in [3.05, 3.63) is 59.4 Å². The molecule has 2 atom stereocenters. The Kier molecular flexibility index (Phi) is 3.10. The molecule has 0 spiro atoms. The maximum absolute atomic E-state index is 13.2. The highest BCUT2D eigenvalue weighted by Crippen LogP contribution is 2.45. The van der Waals surface area contributed by atoms with E-state index in [9.17, 15) is 4.39 Å². The Morgan fingerprint density at radius 1 is 1.26 bits per heavy atom. The standard InChI is InChI=1S/C18H17FN2OS/c1-11-3-8-16-14(9-11)15-10-18(2,22-16)21(17(23)20-15)13-6-4-12(19)5-7-13/h3-9,15H,10H2,1-2H3,(H,20,23). The van der Waals surface area contributed by atoms with Gasteiger partial charge in [-0.05, 0) is 56.4 Å². The first-order valence-electron chi connectivity index (χ1n) is 7.62. The molecule has 0 saturated carbocycles. The number of anilines is 1. The van der Waals surface area contributed by atoms with Crippen molar-refractivity contribution < 1.29 is 9.13 Å². The first kappa shape index (κ1) is 14.5. The van der Waals surface area contributed by atoms with E-state index in [1.807, 2.05) is 24.0 Å². The van der Waals surface area contributed by atoms with E-state index in [0.717, 1.165) is 23.4 Å². The molecule has 118 valence electrons. The third-order valence-corrected chi connectivity index (χ3v) is 4.81. The molecule has 2 aliphatic heterocycles. The van der Waals surface area contributed by atoms with Gasteiger partial charge in [0.1, 0.15) is 11.6 Å². The van der Waals surface area contributed by atoms with Gasteiger partial charge in [-0.1, -0.05) is 17.7 Å². The molecule has 2 bridgehead atoms. The van der Waals surface area contributed by atoms with Gasteiger partial charge < -0.3 is 10.1 Å². The number of benzene rings is 2. The molecule has 2 aromatic carbocycles. The van der Waals surface area contributed by atoms with Crippen LogP contribution in [0.25, 0.3) is 0 Å². The lowest BCUT2D eigenvalue weighted by Gasteiger charge is -2.52. The Hall–Kier alpha value is -2.14. The monoisotopic (exact) mass is 328 g/mol. The summed E-state index contributed by atoms with van der Waals surface area (Å²) < 4.78 is 19.6. The van der Waals surface area contributed by atoms with Gasteiger partial charge in [-0.2, -0.15) is 0 Å². The highest BCUT2D eigenvalue weighted by atomic mass is 32.1. The van der Waals surface area contributed by atoms with E-state index in [1.165, 1.54) is 17.7 Å². The van der Waals surface area contributed by atoms with Crippen molar-refractivity contribution in [1.29, 1.82) is 0 Å². The Morgan fingerprint density at radius 3 is 2.74 bits per heavy atom. The quantitative estimate of drug-likeness (QED) is 0.798. The second-order valence-electron chi connectivity index (χ2n) is 6.34. The summed E-state index contributed by atoms with van der Waals surface area (Å²) >= 11 is 5.57. The van der Waals surface area contributed by atoms with Crippen molar-refractivity contribution in [2.45, 2.75) is 32.0 Å². The number of aryl methyl sites for hydroxylation is 1. The van der Waals surface area contributed by atoms with Crippen LogP contribution in [0, 0.1) is 12.7 Å². The van der Waals surface area contributed by atoms with Crippen LogP contribution in [-0.2, 0) is 0 Å². The minimum absolute atomic E-state index is 0.132. The van der Waals surface area contributed by atoms with Gasteiger partial charge in [-0.3, -0.25) is 4.90 Å². The molecule has 0 amide bonds. The molecule has 1 saturated heterocycles. The van der Waals surface area contributed by atoms with Crippen LogP contribution in [0.15, 0.2) is 42.5 Å². The van der Waals surface area contributed by atoms with Crippen LogP contribution in [0.2, 0.25) is 0 Å². The predicted octanol–water partition coefficient (Wildman–Crippen LogP) is 4.07. The first-order valence-corrected chi connectivity index (χ1v) is 8.03. The summed E-state index contributed by atoms with van der Waals surface area (Å²) in [6.07, 6.45) is 0.765. The van der Waals surface area contributed by atoms with Gasteiger partial charge in [0.25, 0.3) is 0 Å². The zero-order chi connectivity index (χ0) is 16.2. The summed E-state index contributed by atoms with van der Waals surface area (Å²) in [5, 5.41) is 4.00. The molecule has 0 aromatic heterocycles. The normalized spacial score (nSPS) is 25.4. The van der Waals surface area contributed by atoms with Crippen LogP contribution < -0.4 is 15.0 Å². The van der Waals surface area contributed by atoms with Gasteiger partial charge in [-0.15, -0.1) is 0 Å². The van der Waals surface area contributed by atoms with E-state index in [1.54, 1.807) is 12.1 Å². The number of nitrogens with zero attached hydrogens (tertiary/aromatic N) is 1. The van der Waals surface area contributed by atoms with Gasteiger partial charge in [0.05, 0.1) is 6.04 Å². The molecule has 2 aromatic rings. The number of hydrogen-bond acceptors (Lipinski definition) is 2. The molecule has 5 heteroatoms. The number of nitrogens with one attached hydrogen (secondary N) is 1. The zero-order valence-electron chi connectivity index (χ0n) is 13.0. The molecular formula is C18H17FN2OS. The lowest BCUT2D eigenvalue weighted by Crippen LogP contribution is -2.65. The topological polar surface area (TPSA) is 24.5 Å². The molecule has 2 unspecified atom stereocenters. The summed E-state index contributed by atoms with van der Waals surface area (Å²) in [7, 11) is 0. The van der Waals surface area contributed by atoms with Crippen molar-refractivity contribution in [1.82, 2.24) is 5.32 Å². The zero-order valence-corrected chi connectivity index (χ0v) is 13.8. The number of rotatable bonds is 1. The molecule has 0 radical (unpaired) electrons. The average Bonchev–Trinajstić information content (AvgIpc) is 2.49. The predicted molar refractivity (Wildman–Crippen MR) is 92.2 cm³/mol. The van der Waals surface area contributed by atoms with Crippen LogP contribution in [0.1, 0.15) is 30.5 Å². The van der Waals surface area contributed by atoms with Crippen LogP contribution in [0.4, 0.5) is 10.1 Å². The van der Waals surface area contributed by atoms with Crippen molar-refractivity contribution >= 4 is 23.0 Å². The largest absolute Gasteiger partial charge is 0.467 e. The molecule has 3 nitrogen and oxygen atoms in total. The fourth-order valence-electron chi connectivity index (χ4n) is 3.48. The molecule has 23 heavy (non-hydrogen) atoms. The number of hydrogen-bond donors (Lipinski definition) is 1. The molecular weight excluding hydrogens is 311 g/mol. The van der Waals surface area contributed by atoms with E-state index in [2.05, 4.69) is 18.3 Å². The van der Waals surface area contributed by atoms with Crippen LogP contribution in [0.5, 0.6) is 5.75 Å². The second-order valence-corrected chi connectivity index (χ2v) is 6.72. The number of halogens is 1. The van der Waals surface area contributed by atoms with E-state index < -0.39 is 5.72 Å². The van der Waals surface area contributed by atoms with Crippen LogP contribution in [-0.4, -0.2) is 10.8 Å². The Balaban J connectivity index is 1.79. The first-order chi connectivity index (χ1) is 11.0. The van der Waals surface area contributed by atoms with Gasteiger partial charge >= 0.3 is 0 Å². The van der Waals surface area contributed by atoms with Gasteiger partial charge in [0.2, 0.25) is 0 Å². The van der Waals surface area contributed by atoms with Gasteiger partial charge in [-0.25, -0.2) is 4.39 Å². The summed E-state index contributed by atoms with van der Waals surface area (Å²) in [6, 6.07) is 12.7. The van der Waals surface area contributed by atoms with Crippen molar-refractivity contribution in [3.8, 4) is 5.75 Å². The number of fused-ring (bicyclic) bond motifs is 4. The number of thiocarbonyl (C=S) groups is 1. The summed E-state index contributed by atoms with van der Waals surface area (Å²) in [4.78, 5) is 1.93. The van der Waals surface area contributed by atoms with Gasteiger partial charge in [0.15, 0.2) is 10.8 Å². The minimum Gasteiger partial charge on any atom is -0.467 e. The van der Waals surface area contributed by atoms with Crippen molar-refractivity contribution in [2.24, 2.45) is 0 Å². The minimum atomic E-state index is -0.590. The third-order valence-electron chi connectivity index (χ3n) is 4.51. The smallest absolute Gasteiger partial charge is 0.188 e. The maximum Gasteiger partial charge on any atom is 0.188 e. The molecule has 2 heterocycles. The maximum atomic E-state index is 13.2. The van der Waals surface area contributed by atoms with Crippen LogP contribution >= 0.6 is 12.2 Å². The van der Waals surface area contributed by atoms with Gasteiger partial charge in [0, 0.05) is 17.7 Å². The fourth-order valence-corrected chi connectivity index (χ4v) is 3.92. The number of ether oxygens (including phenoxy) is 1. The molecule has 0 aliphatic carbocycles. The van der Waals surface area contributed by atoms with E-state index in [4.69, 9.17) is 17.0 Å². The van der Waals surface area contributed by atoms with E-state index >= 15 is 0 Å². The summed E-state index contributed by atoms with van der Waals surface area (Å²) in [6.45, 7) is 4.10. The molecule has 2 aliphatic rings. The molecule has 1 fully saturated rings. The Morgan fingerprint density at radius 2 is 2.00 bits per heavy atom. The van der Waals surface area contributed by atoms with Crippen molar-refractivity contribution in [2.75, 3.05) is 4.90 Å². The Labute approximate surface area is 140 Å². The second kappa shape index (κ2) is 4.93. The fraction of sp³-hybridized carbons (Fsp3) is 0.278. The molecule has 4 rings (SSSR count). The molecule has 1 N–H and O–H groups in total.